The van der Waals surface area contributed by atoms with E-state index < -0.39 is 0 Å². The zero-order valence-corrected chi connectivity index (χ0v) is 10.4. The molecule has 0 bridgehead atoms. The summed E-state index contributed by atoms with van der Waals surface area (Å²) in [4.78, 5) is 11.1. The van der Waals surface area contributed by atoms with Gasteiger partial charge in [0.2, 0.25) is 0 Å². The van der Waals surface area contributed by atoms with E-state index in [-0.39, 0.29) is 12.6 Å². The molecule has 1 aliphatic heterocycles. The predicted molar refractivity (Wildman–Crippen MR) is 66.7 cm³/mol. The highest BCUT2D eigenvalue weighted by atomic mass is 33.1. The topological polar surface area (TPSA) is 26.3 Å². The summed E-state index contributed by atoms with van der Waals surface area (Å²) in [6.45, 7) is 0.105. The SMILES string of the molecule is C#CCOC(=O)CCCCC1CCSS1. The van der Waals surface area contributed by atoms with Crippen molar-refractivity contribution in [1.29, 1.82) is 0 Å². The molecular weight excluding hydrogens is 228 g/mol. The molecule has 0 amide bonds. The van der Waals surface area contributed by atoms with E-state index in [1.165, 1.54) is 18.6 Å². The molecule has 15 heavy (non-hydrogen) atoms. The summed E-state index contributed by atoms with van der Waals surface area (Å²) in [6, 6.07) is 0. The lowest BCUT2D eigenvalue weighted by molar-refractivity contribution is -0.142. The Kier molecular flexibility index (Phi) is 6.78. The molecule has 0 aromatic rings. The van der Waals surface area contributed by atoms with Gasteiger partial charge in [0, 0.05) is 17.4 Å². The molecule has 0 N–H and O–H groups in total. The smallest absolute Gasteiger partial charge is 0.306 e. The Morgan fingerprint density at radius 3 is 3.07 bits per heavy atom. The minimum absolute atomic E-state index is 0.105. The van der Waals surface area contributed by atoms with Crippen LogP contribution >= 0.6 is 21.6 Å². The van der Waals surface area contributed by atoms with Crippen LogP contribution in [0.5, 0.6) is 0 Å². The molecule has 1 rings (SSSR count). The fourth-order valence-corrected chi connectivity index (χ4v) is 4.43. The normalized spacial score (nSPS) is 19.8. The lowest BCUT2D eigenvalue weighted by Crippen LogP contribution is -2.05. The van der Waals surface area contributed by atoms with Crippen molar-refractivity contribution in [2.45, 2.75) is 37.4 Å². The van der Waals surface area contributed by atoms with Crippen LogP contribution < -0.4 is 0 Å². The molecule has 1 fully saturated rings. The van der Waals surface area contributed by atoms with Gasteiger partial charge in [0.25, 0.3) is 0 Å². The molecule has 1 aliphatic rings. The first kappa shape index (κ1) is 12.8. The zero-order chi connectivity index (χ0) is 10.9. The second-order valence-corrected chi connectivity index (χ2v) is 6.23. The van der Waals surface area contributed by atoms with Gasteiger partial charge in [-0.1, -0.05) is 33.9 Å². The number of unbranched alkanes of at least 4 members (excludes halogenated alkanes) is 1. The van der Waals surface area contributed by atoms with Gasteiger partial charge < -0.3 is 4.74 Å². The molecule has 1 saturated heterocycles. The molecule has 0 saturated carbocycles. The molecule has 0 aliphatic carbocycles. The molecular formula is C11H16O2S2. The van der Waals surface area contributed by atoms with E-state index in [2.05, 4.69) is 5.92 Å². The van der Waals surface area contributed by atoms with Crippen LogP contribution in [0.25, 0.3) is 0 Å². The van der Waals surface area contributed by atoms with Crippen LogP contribution in [0.4, 0.5) is 0 Å². The Morgan fingerprint density at radius 1 is 1.53 bits per heavy atom. The minimum Gasteiger partial charge on any atom is -0.452 e. The Labute approximate surface area is 99.3 Å². The third-order valence-corrected chi connectivity index (χ3v) is 5.21. The molecule has 1 unspecified atom stereocenters. The van der Waals surface area contributed by atoms with Gasteiger partial charge in [0.05, 0.1) is 0 Å². The van der Waals surface area contributed by atoms with Crippen molar-refractivity contribution >= 4 is 27.6 Å². The van der Waals surface area contributed by atoms with Gasteiger partial charge >= 0.3 is 5.97 Å². The number of carbonyl (C=O) groups excluding carboxylic acids is 1. The summed E-state index contributed by atoms with van der Waals surface area (Å²) in [7, 11) is 3.95. The number of hydrogen-bond acceptors (Lipinski definition) is 4. The summed E-state index contributed by atoms with van der Waals surface area (Å²) in [5.74, 6) is 3.40. The summed E-state index contributed by atoms with van der Waals surface area (Å²) in [5.41, 5.74) is 0. The van der Waals surface area contributed by atoms with Crippen LogP contribution in [-0.4, -0.2) is 23.6 Å². The van der Waals surface area contributed by atoms with E-state index in [1.807, 2.05) is 21.6 Å². The first-order valence-electron chi connectivity index (χ1n) is 5.20. The molecule has 1 atom stereocenters. The Bertz CT molecular complexity index is 229. The number of terminal acetylenes is 1. The highest BCUT2D eigenvalue weighted by Crippen LogP contribution is 2.39. The van der Waals surface area contributed by atoms with E-state index in [0.29, 0.717) is 6.42 Å². The highest BCUT2D eigenvalue weighted by molar-refractivity contribution is 8.77. The largest absolute Gasteiger partial charge is 0.452 e. The fraction of sp³-hybridized carbons (Fsp3) is 0.727. The maximum atomic E-state index is 11.1. The van der Waals surface area contributed by atoms with Crippen LogP contribution in [0.3, 0.4) is 0 Å². The van der Waals surface area contributed by atoms with E-state index >= 15 is 0 Å². The summed E-state index contributed by atoms with van der Waals surface area (Å²) in [6.07, 6.45) is 10.1. The zero-order valence-electron chi connectivity index (χ0n) is 8.74. The molecule has 1 heterocycles. The summed E-state index contributed by atoms with van der Waals surface area (Å²) >= 11 is 0. The Morgan fingerprint density at radius 2 is 2.40 bits per heavy atom. The van der Waals surface area contributed by atoms with Gasteiger partial charge in [-0.2, -0.15) is 0 Å². The van der Waals surface area contributed by atoms with Crippen LogP contribution in [0.1, 0.15) is 32.1 Å². The predicted octanol–water partition coefficient (Wildman–Crippen LogP) is 2.88. The van der Waals surface area contributed by atoms with Crippen LogP contribution in [0.15, 0.2) is 0 Å². The number of ether oxygens (including phenoxy) is 1. The van der Waals surface area contributed by atoms with E-state index in [0.717, 1.165) is 18.1 Å². The lowest BCUT2D eigenvalue weighted by Gasteiger charge is -2.06. The minimum atomic E-state index is -0.165. The maximum Gasteiger partial charge on any atom is 0.306 e. The average Bonchev–Trinajstić information content (AvgIpc) is 2.74. The summed E-state index contributed by atoms with van der Waals surface area (Å²) < 4.78 is 4.78. The molecule has 0 aromatic heterocycles. The number of hydrogen-bond donors (Lipinski definition) is 0. The Hall–Kier alpha value is -0.270. The molecule has 2 nitrogen and oxygen atoms in total. The second kappa shape index (κ2) is 7.95. The van der Waals surface area contributed by atoms with Crippen LogP contribution in [-0.2, 0) is 9.53 Å². The molecule has 4 heteroatoms. The quantitative estimate of drug-likeness (QED) is 0.311. The van der Waals surface area contributed by atoms with E-state index in [1.54, 1.807) is 0 Å². The van der Waals surface area contributed by atoms with Gasteiger partial charge in [0.15, 0.2) is 6.61 Å². The van der Waals surface area contributed by atoms with E-state index in [4.69, 9.17) is 11.2 Å². The lowest BCUT2D eigenvalue weighted by atomic mass is 10.1. The highest BCUT2D eigenvalue weighted by Gasteiger charge is 2.15. The van der Waals surface area contributed by atoms with Crippen molar-refractivity contribution in [2.24, 2.45) is 0 Å². The first-order chi connectivity index (χ1) is 7.33. The fourth-order valence-electron chi connectivity index (χ4n) is 1.40. The van der Waals surface area contributed by atoms with Crippen molar-refractivity contribution in [3.8, 4) is 12.3 Å². The van der Waals surface area contributed by atoms with Gasteiger partial charge in [-0.15, -0.1) is 6.42 Å². The molecule has 0 radical (unpaired) electrons. The monoisotopic (exact) mass is 244 g/mol. The molecule has 0 spiro atoms. The van der Waals surface area contributed by atoms with Crippen LogP contribution in [0, 0.1) is 12.3 Å². The van der Waals surface area contributed by atoms with Gasteiger partial charge in [-0.25, -0.2) is 0 Å². The van der Waals surface area contributed by atoms with Gasteiger partial charge in [-0.3, -0.25) is 4.79 Å². The van der Waals surface area contributed by atoms with Crippen molar-refractivity contribution in [1.82, 2.24) is 0 Å². The van der Waals surface area contributed by atoms with Crippen molar-refractivity contribution in [3.63, 3.8) is 0 Å². The first-order valence-corrected chi connectivity index (χ1v) is 7.58. The van der Waals surface area contributed by atoms with Gasteiger partial charge in [-0.05, 0) is 19.3 Å². The standard InChI is InChI=1S/C11H16O2S2/c1-2-8-13-11(12)6-4-3-5-10-7-9-14-15-10/h1,10H,3-9H2. The van der Waals surface area contributed by atoms with Crippen molar-refractivity contribution in [2.75, 3.05) is 12.4 Å². The third kappa shape index (κ3) is 6.01. The molecule has 84 valence electrons. The van der Waals surface area contributed by atoms with E-state index in [9.17, 15) is 4.79 Å². The van der Waals surface area contributed by atoms with Gasteiger partial charge in [0.1, 0.15) is 0 Å². The third-order valence-electron chi connectivity index (χ3n) is 2.20. The summed E-state index contributed by atoms with van der Waals surface area (Å²) in [5, 5.41) is 0.803. The number of esters is 1. The maximum absolute atomic E-state index is 11.1. The second-order valence-electron chi connectivity index (χ2n) is 3.44. The Balaban J connectivity index is 1.92. The number of carbonyl (C=O) groups is 1. The number of rotatable bonds is 6. The van der Waals surface area contributed by atoms with Crippen molar-refractivity contribution < 1.29 is 9.53 Å². The average molecular weight is 244 g/mol. The molecule has 0 aromatic carbocycles. The van der Waals surface area contributed by atoms with Crippen molar-refractivity contribution in [3.05, 3.63) is 0 Å². The van der Waals surface area contributed by atoms with Crippen LogP contribution in [0.2, 0.25) is 0 Å².